The molecule has 0 unspecified atom stereocenters. The number of hydrogen-bond acceptors (Lipinski definition) is 6. The minimum absolute atomic E-state index is 0.0163. The summed E-state index contributed by atoms with van der Waals surface area (Å²) in [6, 6.07) is 7.30. The Morgan fingerprint density at radius 1 is 1.22 bits per heavy atom. The number of fused-ring (bicyclic) bond motifs is 1. The van der Waals surface area contributed by atoms with Gasteiger partial charge in [-0.05, 0) is 24.3 Å². The zero-order valence-electron chi connectivity index (χ0n) is 15.0. The van der Waals surface area contributed by atoms with E-state index >= 15 is 0 Å². The molecular weight excluding hydrogens is 390 g/mol. The molecule has 2 heterocycles. The average molecular weight is 412 g/mol. The fraction of sp³-hybridized carbons (Fsp3) is 0.471. The number of thioether (sulfide) groups is 1. The third-order valence-corrected chi connectivity index (χ3v) is 7.69. The zero-order valence-corrected chi connectivity index (χ0v) is 16.7. The van der Waals surface area contributed by atoms with E-state index in [1.54, 1.807) is 4.90 Å². The Labute approximate surface area is 162 Å². The fourth-order valence-corrected chi connectivity index (χ4v) is 7.09. The Kier molecular flexibility index (Phi) is 5.48. The molecular formula is C17H21N3O5S2. The zero-order chi connectivity index (χ0) is 19.8. The van der Waals surface area contributed by atoms with E-state index in [9.17, 15) is 18.0 Å². The molecule has 8 nitrogen and oxygen atoms in total. The molecule has 2 atom stereocenters. The number of carboxylic acids is 1. The van der Waals surface area contributed by atoms with Crippen LogP contribution in [0.5, 0.6) is 0 Å². The van der Waals surface area contributed by atoms with Gasteiger partial charge in [0.15, 0.2) is 15.0 Å². The largest absolute Gasteiger partial charge is 0.481 e. The second kappa shape index (κ2) is 7.51. The summed E-state index contributed by atoms with van der Waals surface area (Å²) in [7, 11) is 0.720. The summed E-state index contributed by atoms with van der Waals surface area (Å²) in [5.74, 6) is -1.50. The van der Waals surface area contributed by atoms with Crippen LogP contribution in [0.1, 0.15) is 12.8 Å². The van der Waals surface area contributed by atoms with Crippen LogP contribution in [-0.2, 0) is 19.4 Å². The molecule has 2 fully saturated rings. The Morgan fingerprint density at radius 3 is 2.48 bits per heavy atom. The number of rotatable bonds is 5. The number of nitrogens with zero attached hydrogens (tertiary/aromatic N) is 3. The second-order valence-corrected chi connectivity index (χ2v) is 10.1. The van der Waals surface area contributed by atoms with Crippen LogP contribution < -0.4 is 9.80 Å². The highest BCUT2D eigenvalue weighted by Crippen LogP contribution is 2.41. The molecule has 1 aromatic carbocycles. The van der Waals surface area contributed by atoms with E-state index in [0.717, 1.165) is 11.4 Å². The number of carbonyl (C=O) groups excluding carboxylic acids is 1. The minimum Gasteiger partial charge on any atom is -0.481 e. The van der Waals surface area contributed by atoms with Crippen LogP contribution in [0.15, 0.2) is 29.3 Å². The fourth-order valence-electron chi connectivity index (χ4n) is 3.15. The SMILES string of the molecule is CN(C)c1ccc(N2C(=NC(=O)CCC(=O)O)S[C@H]3CS(=O)(=O)C[C@@H]32)cc1. The molecule has 0 spiro atoms. The lowest BCUT2D eigenvalue weighted by molar-refractivity contribution is -0.138. The number of carboxylic acid groups (broad SMARTS) is 1. The predicted molar refractivity (Wildman–Crippen MR) is 106 cm³/mol. The molecule has 2 aliphatic rings. The van der Waals surface area contributed by atoms with Crippen molar-refractivity contribution in [3.8, 4) is 0 Å². The van der Waals surface area contributed by atoms with Crippen LogP contribution in [0, 0.1) is 0 Å². The van der Waals surface area contributed by atoms with Crippen molar-refractivity contribution in [2.45, 2.75) is 24.1 Å². The first kappa shape index (κ1) is 19.7. The van der Waals surface area contributed by atoms with Crippen LogP contribution in [-0.4, -0.2) is 67.5 Å². The molecule has 3 rings (SSSR count). The first-order valence-electron chi connectivity index (χ1n) is 8.43. The third kappa shape index (κ3) is 4.44. The second-order valence-electron chi connectivity index (χ2n) is 6.76. The van der Waals surface area contributed by atoms with Crippen molar-refractivity contribution >= 4 is 50.0 Å². The Hall–Kier alpha value is -2.07. The number of carbonyl (C=O) groups is 2. The van der Waals surface area contributed by atoms with E-state index in [2.05, 4.69) is 4.99 Å². The normalized spacial score (nSPS) is 24.8. The van der Waals surface area contributed by atoms with Gasteiger partial charge in [0.2, 0.25) is 5.91 Å². The van der Waals surface area contributed by atoms with Gasteiger partial charge in [-0.2, -0.15) is 4.99 Å². The van der Waals surface area contributed by atoms with Crippen LogP contribution in [0.2, 0.25) is 0 Å². The topological polar surface area (TPSA) is 107 Å². The van der Waals surface area contributed by atoms with E-state index in [1.807, 2.05) is 43.3 Å². The third-order valence-electron chi connectivity index (χ3n) is 4.48. The maximum atomic E-state index is 12.1. The van der Waals surface area contributed by atoms with E-state index < -0.39 is 21.7 Å². The Morgan fingerprint density at radius 2 is 1.89 bits per heavy atom. The van der Waals surface area contributed by atoms with Gasteiger partial charge in [0.25, 0.3) is 0 Å². The molecule has 0 radical (unpaired) electrons. The standard InChI is InChI=1S/C17H21N3O5S2/c1-19(2)11-3-5-12(6-4-11)20-13-9-27(24,25)10-14(13)26-17(20)18-15(21)7-8-16(22)23/h3-6,13-14H,7-10H2,1-2H3,(H,22,23)/t13-,14-/m0/s1. The van der Waals surface area contributed by atoms with Crippen LogP contribution >= 0.6 is 11.8 Å². The maximum Gasteiger partial charge on any atom is 0.303 e. The van der Waals surface area contributed by atoms with Gasteiger partial charge >= 0.3 is 5.97 Å². The lowest BCUT2D eigenvalue weighted by atomic mass is 10.2. The molecule has 27 heavy (non-hydrogen) atoms. The summed E-state index contributed by atoms with van der Waals surface area (Å²) < 4.78 is 24.1. The summed E-state index contributed by atoms with van der Waals surface area (Å²) in [6.07, 6.45) is -0.459. The molecule has 10 heteroatoms. The molecule has 1 amide bonds. The quantitative estimate of drug-likeness (QED) is 0.771. The summed E-state index contributed by atoms with van der Waals surface area (Å²) >= 11 is 1.28. The molecule has 2 aliphatic heterocycles. The summed E-state index contributed by atoms with van der Waals surface area (Å²) in [5, 5.41) is 8.98. The predicted octanol–water partition coefficient (Wildman–Crippen LogP) is 1.22. The molecule has 146 valence electrons. The van der Waals surface area contributed by atoms with Gasteiger partial charge in [0.05, 0.1) is 24.0 Å². The van der Waals surface area contributed by atoms with Gasteiger partial charge in [-0.3, -0.25) is 9.59 Å². The van der Waals surface area contributed by atoms with Crippen molar-refractivity contribution in [2.75, 3.05) is 35.4 Å². The molecule has 1 aromatic rings. The molecule has 0 saturated carbocycles. The molecule has 0 aromatic heterocycles. The molecule has 1 N–H and O–H groups in total. The molecule has 2 saturated heterocycles. The number of anilines is 2. The van der Waals surface area contributed by atoms with Crippen molar-refractivity contribution in [3.05, 3.63) is 24.3 Å². The van der Waals surface area contributed by atoms with E-state index in [-0.39, 0.29) is 35.6 Å². The Bertz CT molecular complexity index is 880. The van der Waals surface area contributed by atoms with Crippen LogP contribution in [0.3, 0.4) is 0 Å². The van der Waals surface area contributed by atoms with Crippen LogP contribution in [0.25, 0.3) is 0 Å². The van der Waals surface area contributed by atoms with Crippen LogP contribution in [0.4, 0.5) is 11.4 Å². The Balaban J connectivity index is 1.90. The van der Waals surface area contributed by atoms with Crippen molar-refractivity contribution in [2.24, 2.45) is 4.99 Å². The van der Waals surface area contributed by atoms with Gasteiger partial charge in [-0.25, -0.2) is 8.42 Å². The van der Waals surface area contributed by atoms with E-state index in [1.165, 1.54) is 11.8 Å². The van der Waals surface area contributed by atoms with E-state index in [0.29, 0.717) is 5.17 Å². The lowest BCUT2D eigenvalue weighted by Gasteiger charge is -2.25. The van der Waals surface area contributed by atoms with Crippen molar-refractivity contribution in [1.82, 2.24) is 0 Å². The average Bonchev–Trinajstić information content (AvgIpc) is 3.03. The number of hydrogen-bond donors (Lipinski definition) is 1. The highest BCUT2D eigenvalue weighted by Gasteiger charge is 2.49. The monoisotopic (exact) mass is 411 g/mol. The summed E-state index contributed by atoms with van der Waals surface area (Å²) in [6.45, 7) is 0. The molecule has 0 aliphatic carbocycles. The molecule has 0 bridgehead atoms. The first-order valence-corrected chi connectivity index (χ1v) is 11.1. The maximum absolute atomic E-state index is 12.1. The number of aliphatic carboxylic acids is 1. The summed E-state index contributed by atoms with van der Waals surface area (Å²) in [5.41, 5.74) is 1.76. The highest BCUT2D eigenvalue weighted by molar-refractivity contribution is 8.16. The number of amidine groups is 1. The highest BCUT2D eigenvalue weighted by atomic mass is 32.2. The van der Waals surface area contributed by atoms with Gasteiger partial charge in [-0.1, -0.05) is 11.8 Å². The summed E-state index contributed by atoms with van der Waals surface area (Å²) in [4.78, 5) is 30.6. The van der Waals surface area contributed by atoms with Gasteiger partial charge in [0.1, 0.15) is 0 Å². The van der Waals surface area contributed by atoms with Crippen molar-refractivity contribution in [3.63, 3.8) is 0 Å². The van der Waals surface area contributed by atoms with Gasteiger partial charge in [-0.15, -0.1) is 0 Å². The van der Waals surface area contributed by atoms with Crippen molar-refractivity contribution in [1.29, 1.82) is 0 Å². The number of sulfone groups is 1. The van der Waals surface area contributed by atoms with Gasteiger partial charge < -0.3 is 14.9 Å². The number of amides is 1. The first-order chi connectivity index (χ1) is 12.7. The van der Waals surface area contributed by atoms with Gasteiger partial charge in [0, 0.05) is 37.1 Å². The van der Waals surface area contributed by atoms with Crippen molar-refractivity contribution < 1.29 is 23.1 Å². The smallest absolute Gasteiger partial charge is 0.303 e. The number of benzene rings is 1. The minimum atomic E-state index is -3.13. The van der Waals surface area contributed by atoms with E-state index in [4.69, 9.17) is 5.11 Å². The number of aliphatic imine (C=N–C) groups is 1. The lowest BCUT2D eigenvalue weighted by Crippen LogP contribution is -2.37.